The zero-order chi connectivity index (χ0) is 21.8. The van der Waals surface area contributed by atoms with Gasteiger partial charge in [0.15, 0.2) is 18.1 Å². The number of nitrogens with zero attached hydrogens (tertiary/aromatic N) is 1. The molecule has 2 heterocycles. The largest absolute Gasteiger partial charge is 0.486 e. The molecule has 0 fully saturated rings. The molecule has 0 aliphatic carbocycles. The van der Waals surface area contributed by atoms with Gasteiger partial charge in [0.1, 0.15) is 12.7 Å². The summed E-state index contributed by atoms with van der Waals surface area (Å²) >= 11 is 0. The molecule has 0 radical (unpaired) electrons. The maximum atomic E-state index is 12.3. The van der Waals surface area contributed by atoms with Gasteiger partial charge in [0.2, 0.25) is 0 Å². The monoisotopic (exact) mass is 420 g/mol. The van der Waals surface area contributed by atoms with E-state index in [4.69, 9.17) is 14.2 Å². The molecule has 0 bridgehead atoms. The van der Waals surface area contributed by atoms with Crippen molar-refractivity contribution in [3.8, 4) is 17.2 Å². The van der Waals surface area contributed by atoms with E-state index in [2.05, 4.69) is 9.88 Å². The van der Waals surface area contributed by atoms with Gasteiger partial charge in [-0.25, -0.2) is 4.79 Å². The molecule has 4 rings (SSSR count). The smallest absolute Gasteiger partial charge is 0.338 e. The van der Waals surface area contributed by atoms with Crippen molar-refractivity contribution >= 4 is 11.9 Å². The lowest BCUT2D eigenvalue weighted by Crippen LogP contribution is -2.42. The fourth-order valence-corrected chi connectivity index (χ4v) is 3.48. The molecule has 31 heavy (non-hydrogen) atoms. The predicted octanol–water partition coefficient (Wildman–Crippen LogP) is 3.21. The number of carbonyl (C=O) groups is 2. The third-order valence-corrected chi connectivity index (χ3v) is 5.06. The van der Waals surface area contributed by atoms with Gasteiger partial charge >= 0.3 is 5.97 Å². The summed E-state index contributed by atoms with van der Waals surface area (Å²) in [5.41, 5.74) is 3.57. The summed E-state index contributed by atoms with van der Waals surface area (Å²) in [6.45, 7) is 4.29. The zero-order valence-corrected chi connectivity index (χ0v) is 17.5. The van der Waals surface area contributed by atoms with Crippen LogP contribution in [-0.2, 0) is 9.53 Å². The van der Waals surface area contributed by atoms with Crippen LogP contribution in [0.3, 0.4) is 0 Å². The predicted molar refractivity (Wildman–Crippen MR) is 115 cm³/mol. The van der Waals surface area contributed by atoms with Crippen LogP contribution >= 0.6 is 0 Å². The van der Waals surface area contributed by atoms with Crippen molar-refractivity contribution in [3.05, 3.63) is 77.6 Å². The Morgan fingerprint density at radius 1 is 1.00 bits per heavy atom. The number of fused-ring (bicyclic) bond motifs is 1. The number of benzene rings is 2. The van der Waals surface area contributed by atoms with E-state index in [1.807, 2.05) is 62.4 Å². The second-order valence-corrected chi connectivity index (χ2v) is 7.38. The van der Waals surface area contributed by atoms with E-state index in [1.165, 1.54) is 0 Å². The quantitative estimate of drug-likeness (QED) is 0.620. The number of carbonyl (C=O) groups excluding carboxylic acids is 2. The lowest BCUT2D eigenvalue weighted by Gasteiger charge is -2.26. The first-order chi connectivity index (χ1) is 15.0. The summed E-state index contributed by atoms with van der Waals surface area (Å²) in [6.07, 6.45) is -0.303. The Morgan fingerprint density at radius 2 is 1.68 bits per heavy atom. The van der Waals surface area contributed by atoms with E-state index >= 15 is 0 Å². The van der Waals surface area contributed by atoms with Crippen molar-refractivity contribution in [3.63, 3.8) is 0 Å². The number of ether oxygens (including phenoxy) is 3. The average molecular weight is 420 g/mol. The topological polar surface area (TPSA) is 78.8 Å². The van der Waals surface area contributed by atoms with E-state index in [0.29, 0.717) is 23.7 Å². The summed E-state index contributed by atoms with van der Waals surface area (Å²) in [5, 5.41) is 2.71. The van der Waals surface area contributed by atoms with Gasteiger partial charge in [-0.3, -0.25) is 4.79 Å². The zero-order valence-electron chi connectivity index (χ0n) is 17.5. The minimum Gasteiger partial charge on any atom is -0.486 e. The van der Waals surface area contributed by atoms with Crippen molar-refractivity contribution in [1.29, 1.82) is 0 Å². The number of para-hydroxylation sites is 2. The highest BCUT2D eigenvalue weighted by atomic mass is 16.6. The van der Waals surface area contributed by atoms with E-state index in [0.717, 1.165) is 17.1 Å². The van der Waals surface area contributed by atoms with Gasteiger partial charge in [0.05, 0.1) is 12.1 Å². The molecule has 1 atom stereocenters. The number of esters is 1. The molecule has 1 aliphatic heterocycles. The molecule has 0 saturated heterocycles. The molecule has 0 saturated carbocycles. The molecule has 1 aliphatic rings. The normalized spacial score (nSPS) is 14.7. The highest BCUT2D eigenvalue weighted by Crippen LogP contribution is 2.30. The molecular weight excluding hydrogens is 396 g/mol. The van der Waals surface area contributed by atoms with E-state index in [-0.39, 0.29) is 19.3 Å². The van der Waals surface area contributed by atoms with Crippen LogP contribution in [0, 0.1) is 13.8 Å². The van der Waals surface area contributed by atoms with Crippen molar-refractivity contribution in [2.75, 3.05) is 19.8 Å². The van der Waals surface area contributed by atoms with Crippen molar-refractivity contribution < 1.29 is 23.8 Å². The molecule has 2 aromatic carbocycles. The van der Waals surface area contributed by atoms with Gasteiger partial charge in [-0.1, -0.05) is 12.1 Å². The first-order valence-corrected chi connectivity index (χ1v) is 10.1. The Labute approximate surface area is 180 Å². The number of hydrogen-bond acceptors (Lipinski definition) is 5. The van der Waals surface area contributed by atoms with E-state index in [9.17, 15) is 9.59 Å². The van der Waals surface area contributed by atoms with Crippen LogP contribution in [-0.4, -0.2) is 42.3 Å². The summed E-state index contributed by atoms with van der Waals surface area (Å²) < 4.78 is 18.6. The van der Waals surface area contributed by atoms with Crippen LogP contribution in [0.2, 0.25) is 0 Å². The molecule has 160 valence electrons. The van der Waals surface area contributed by atoms with Crippen LogP contribution in [0.15, 0.2) is 60.7 Å². The maximum absolute atomic E-state index is 12.3. The second kappa shape index (κ2) is 8.95. The van der Waals surface area contributed by atoms with Gasteiger partial charge in [-0.15, -0.1) is 0 Å². The van der Waals surface area contributed by atoms with Crippen LogP contribution in [0.5, 0.6) is 11.5 Å². The van der Waals surface area contributed by atoms with Crippen LogP contribution in [0.1, 0.15) is 21.7 Å². The van der Waals surface area contributed by atoms with Crippen LogP contribution in [0.4, 0.5) is 0 Å². The van der Waals surface area contributed by atoms with Crippen LogP contribution < -0.4 is 14.8 Å². The Morgan fingerprint density at radius 3 is 2.39 bits per heavy atom. The van der Waals surface area contributed by atoms with E-state index in [1.54, 1.807) is 12.1 Å². The SMILES string of the molecule is Cc1ccc(C)n1-c1ccc(C(=O)OCC(=O)NC[C@@H]2COc3ccccc3O2)cc1. The molecular formula is C24H24N2O5. The molecule has 1 N–H and O–H groups in total. The fourth-order valence-electron chi connectivity index (χ4n) is 3.48. The number of aryl methyl sites for hydroxylation is 2. The summed E-state index contributed by atoms with van der Waals surface area (Å²) in [5.74, 6) is 0.389. The number of aromatic nitrogens is 1. The molecule has 1 aromatic heterocycles. The first-order valence-electron chi connectivity index (χ1n) is 10.1. The molecule has 1 amide bonds. The standard InChI is InChI=1S/C24H24N2O5/c1-16-7-8-17(2)26(16)19-11-9-18(10-12-19)24(28)30-15-23(27)25-13-20-14-29-21-5-3-4-6-22(21)31-20/h3-12,20H,13-15H2,1-2H3,(H,25,27)/t20-/m1/s1. The Kier molecular flexibility index (Phi) is 5.93. The molecule has 3 aromatic rings. The fraction of sp³-hybridized carbons (Fsp3) is 0.250. The summed E-state index contributed by atoms with van der Waals surface area (Å²) in [6, 6.07) is 18.6. The summed E-state index contributed by atoms with van der Waals surface area (Å²) in [4.78, 5) is 24.3. The first kappa shape index (κ1) is 20.5. The van der Waals surface area contributed by atoms with Crippen molar-refractivity contribution in [2.45, 2.75) is 20.0 Å². The molecule has 7 nitrogen and oxygen atoms in total. The molecule has 0 unspecified atom stereocenters. The van der Waals surface area contributed by atoms with Gasteiger partial charge in [0, 0.05) is 17.1 Å². The Balaban J connectivity index is 1.25. The number of rotatable bonds is 6. The highest BCUT2D eigenvalue weighted by molar-refractivity contribution is 5.91. The lowest BCUT2D eigenvalue weighted by molar-refractivity contribution is -0.124. The number of nitrogens with one attached hydrogen (secondary N) is 1. The van der Waals surface area contributed by atoms with Crippen LogP contribution in [0.25, 0.3) is 5.69 Å². The minimum absolute atomic E-state index is 0.259. The van der Waals surface area contributed by atoms with Crippen molar-refractivity contribution in [2.24, 2.45) is 0 Å². The minimum atomic E-state index is -0.547. The lowest BCUT2D eigenvalue weighted by atomic mass is 10.2. The van der Waals surface area contributed by atoms with E-state index < -0.39 is 11.9 Å². The molecule has 0 spiro atoms. The number of amides is 1. The van der Waals surface area contributed by atoms with Gasteiger partial charge < -0.3 is 24.1 Å². The Hall–Kier alpha value is -3.74. The van der Waals surface area contributed by atoms with Crippen molar-refractivity contribution in [1.82, 2.24) is 9.88 Å². The van der Waals surface area contributed by atoms with Gasteiger partial charge in [-0.05, 0) is 62.4 Å². The van der Waals surface area contributed by atoms with Gasteiger partial charge in [0.25, 0.3) is 5.91 Å². The average Bonchev–Trinajstić information content (AvgIpc) is 3.13. The maximum Gasteiger partial charge on any atom is 0.338 e. The second-order valence-electron chi connectivity index (χ2n) is 7.38. The highest BCUT2D eigenvalue weighted by Gasteiger charge is 2.21. The molecule has 7 heteroatoms. The van der Waals surface area contributed by atoms with Gasteiger partial charge in [-0.2, -0.15) is 0 Å². The third-order valence-electron chi connectivity index (χ3n) is 5.06. The third kappa shape index (κ3) is 4.71. The number of hydrogen-bond donors (Lipinski definition) is 1. The summed E-state index contributed by atoms with van der Waals surface area (Å²) in [7, 11) is 0. The Bertz CT molecular complexity index is 1070.